The van der Waals surface area contributed by atoms with Crippen LogP contribution in [0.1, 0.15) is 111 Å². The quantitative estimate of drug-likeness (QED) is 0.00373. The van der Waals surface area contributed by atoms with Crippen molar-refractivity contribution >= 4 is 77.7 Å². The van der Waals surface area contributed by atoms with E-state index in [0.29, 0.717) is 87.6 Å². The number of likely N-dealkylation sites (tertiary alicyclic amines) is 1. The molecule has 3 aliphatic heterocycles. The first-order valence-electron chi connectivity index (χ1n) is 39.3. The van der Waals surface area contributed by atoms with E-state index in [1.807, 2.05) is 86.8 Å². The minimum Gasteiger partial charge on any atom is -0.483 e. The number of nitrogens with zero attached hydrogens (tertiary/aromatic N) is 1. The van der Waals surface area contributed by atoms with Gasteiger partial charge in [0.05, 0.1) is 76.9 Å². The molecule has 0 saturated carbocycles. The Morgan fingerprint density at radius 2 is 0.973 bits per heavy atom. The molecule has 3 aliphatic rings. The molecule has 111 heavy (non-hydrogen) atoms. The number of nitrogens with one attached hydrogen (secondary N) is 4. The van der Waals surface area contributed by atoms with Gasteiger partial charge >= 0.3 is 17.9 Å². The predicted molar refractivity (Wildman–Crippen MR) is 438 cm³/mol. The van der Waals surface area contributed by atoms with Crippen LogP contribution in [-0.2, 0) is 115 Å². The Hall–Kier alpha value is -9.07. The highest BCUT2D eigenvalue weighted by Gasteiger charge is 2.24. The number of cyclic esters (lactones) is 2. The summed E-state index contributed by atoms with van der Waals surface area (Å²) in [4.78, 5) is 113. The van der Waals surface area contributed by atoms with Crippen LogP contribution in [0.4, 0.5) is 0 Å². The molecule has 3 fully saturated rings. The van der Waals surface area contributed by atoms with Gasteiger partial charge in [-0.25, -0.2) is 25.0 Å². The number of likely N-dealkylation sites (N-methyl/N-ethyl adjacent to an activating group) is 1. The van der Waals surface area contributed by atoms with E-state index in [1.54, 1.807) is 86.9 Å². The highest BCUT2D eigenvalue weighted by molar-refractivity contribution is 6.17. The fourth-order valence-corrected chi connectivity index (χ4v) is 5.83. The van der Waals surface area contributed by atoms with Gasteiger partial charge in [0.25, 0.3) is 18.9 Å². The molecule has 6 aromatic carbocycles. The smallest absolute Gasteiger partial charge is 0.314 e. The van der Waals surface area contributed by atoms with Crippen molar-refractivity contribution in [2.24, 2.45) is 22.9 Å². The number of hydrogen-bond donors (Lipinski definition) is 14. The lowest BCUT2D eigenvalue weighted by atomic mass is 10.2. The molecule has 3 heterocycles. The molecule has 0 spiro atoms. The van der Waals surface area contributed by atoms with E-state index in [2.05, 4.69) is 58.7 Å². The Balaban J connectivity index is -0.000000123. The largest absolute Gasteiger partial charge is 0.483 e. The number of carboxylic acids is 2. The van der Waals surface area contributed by atoms with Crippen LogP contribution in [-0.4, -0.2) is 214 Å². The summed E-state index contributed by atoms with van der Waals surface area (Å²) < 4.78 is 96.1. The number of aliphatic carboxylic acids is 2. The maximum atomic E-state index is 10.6. The van der Waals surface area contributed by atoms with Crippen LogP contribution >= 0.6 is 23.2 Å². The number of alkyl halides is 2. The number of carbonyl (C=O) groups is 9. The Morgan fingerprint density at radius 3 is 1.20 bits per heavy atom. The second-order valence-electron chi connectivity index (χ2n) is 17.7. The molecule has 33 heteroatoms. The number of epoxide rings is 1. The van der Waals surface area contributed by atoms with Crippen molar-refractivity contribution in [3.63, 3.8) is 0 Å². The fraction of sp³-hybridized carbons (Fsp3) is 0.423. The van der Waals surface area contributed by atoms with Gasteiger partial charge in [-0.2, -0.15) is 0 Å². The molecular formula is C78H131Cl2N9O22. The number of halogens is 2. The molecule has 31 nitrogen and oxygen atoms in total. The lowest BCUT2D eigenvalue weighted by Gasteiger charge is -2.01. The zero-order valence-electron chi connectivity index (χ0n) is 77.9. The first-order chi connectivity index (χ1) is 58.2. The third-order valence-corrected chi connectivity index (χ3v) is 10.7. The second-order valence-corrected chi connectivity index (χ2v) is 18.3. The first-order valence-corrected chi connectivity index (χ1v) is 33.5. The van der Waals surface area contributed by atoms with Gasteiger partial charge in [-0.05, 0) is 95.4 Å². The van der Waals surface area contributed by atoms with Gasteiger partial charge in [-0.1, -0.05) is 189 Å². The Kier molecular flexibility index (Phi) is 96.9. The zero-order chi connectivity index (χ0) is 97.2. The molecule has 18 N–H and O–H groups in total. The minimum atomic E-state index is -1.58. The van der Waals surface area contributed by atoms with Crippen LogP contribution in [0.15, 0.2) is 182 Å². The van der Waals surface area contributed by atoms with Gasteiger partial charge in [0.1, 0.15) is 6.61 Å². The summed E-state index contributed by atoms with van der Waals surface area (Å²) in [7, 11) is 16.6. The number of imide groups is 1. The summed E-state index contributed by atoms with van der Waals surface area (Å²) >= 11 is 11.0. The average Bonchev–Trinajstić information content (AvgIpc) is 1.67. The lowest BCUT2D eigenvalue weighted by molar-refractivity contribution is -0.300. The summed E-state index contributed by atoms with van der Waals surface area (Å²) in [5.74, 6) is -3.43. The van der Waals surface area contributed by atoms with Crippen LogP contribution in [0.3, 0.4) is 0 Å². The highest BCUT2D eigenvalue weighted by atomic mass is 35.5. The van der Waals surface area contributed by atoms with E-state index in [-0.39, 0.29) is 45.1 Å². The number of rotatable bonds is 21. The fourth-order valence-electron chi connectivity index (χ4n) is 5.47. The van der Waals surface area contributed by atoms with Gasteiger partial charge in [-0.3, -0.25) is 48.1 Å². The zero-order valence-corrected chi connectivity index (χ0v) is 66.4. The molecule has 6 aromatic rings. The number of carboxylic acid groups (broad SMARTS) is 4. The molecule has 0 aliphatic carbocycles. The standard InChI is InChI=1S/C9H13NO.2C9H12O2.C8H11N.2C7H7Cl.C5H9NO3.C5H7NO2.C4H4O3.C3H9NO.C2H4O2.C2H4O.4CH5N.2CH2O2.CH4O.CH4/c2*1-10-11-8-7-9-5-3-2-4-6-9;1-2-10-11-8-9-6-4-3-5-7-9;1-9-7-8-5-3-2-4-6-8;2*8-6-7-4-2-1-3-5-7;1-6-4(7)2-3-5(8)9;1-6-4(7)2-3-5(6)8;5-3-1-2-4(6)7-3;1-4-2-3-5;1-2(3)4;1-2-3-1;4*1-2;2*2-1-3;1-2;/h2-6,10H,7-8H2,1H3;2-6H,7-8H2,1H3;3-7H,2,8H2,1H3;2-6,9H,7H2,1H3;2*1-5H,6H2;2-3H2,1H3,(H,6,7)(H,8,9);2-3H2,1H3;1-2H2;4-5H,2-3H2,1H3;1H3,(H,3,4);1-2H2;4*2H2,1H3;2*1H,(H,2,3);2H,1H3;1H4/i2*2T;3T;2T;2*1T;3T;2T;1T;3T;;1T;;;;;2*1T;;. The number of hydroxylamine groups is 1. The van der Waals surface area contributed by atoms with Gasteiger partial charge in [-0.15, -0.1) is 23.2 Å². The Morgan fingerprint density at radius 1 is 0.613 bits per heavy atom. The minimum absolute atomic E-state index is 0. The van der Waals surface area contributed by atoms with Crippen molar-refractivity contribution in [3.05, 3.63) is 215 Å². The summed E-state index contributed by atoms with van der Waals surface area (Å²) in [6.45, 7) is 5.90. The van der Waals surface area contributed by atoms with Gasteiger partial charge in [0.15, 0.2) is 2.74 Å². The van der Waals surface area contributed by atoms with Crippen LogP contribution in [0.2, 0.25) is 0 Å². The molecule has 0 bridgehead atoms. The van der Waals surface area contributed by atoms with Crippen molar-refractivity contribution in [3.8, 4) is 0 Å². The number of carbonyl (C=O) groups excluding carboxylic acids is 5. The number of aliphatic hydroxyl groups excluding tert-OH is 2. The maximum absolute atomic E-state index is 10.6. The Labute approximate surface area is 686 Å². The van der Waals surface area contributed by atoms with E-state index in [1.165, 1.54) is 60.5 Å². The number of aliphatic hydroxyl groups is 2. The molecule has 0 aromatic heterocycles. The number of nitrogens with two attached hydrogens (primary N) is 4. The van der Waals surface area contributed by atoms with Gasteiger partial charge in [0, 0.05) is 83.4 Å². The lowest BCUT2D eigenvalue weighted by Crippen LogP contribution is -2.23. The summed E-state index contributed by atoms with van der Waals surface area (Å²) in [5, 5.41) is 52.8. The summed E-state index contributed by atoms with van der Waals surface area (Å²) in [6, 6.07) is 47.1. The molecule has 9 rings (SSSR count). The summed E-state index contributed by atoms with van der Waals surface area (Å²) in [5.41, 5.74) is 27.3. The van der Waals surface area contributed by atoms with Gasteiger partial charge in [0.2, 0.25) is 17.7 Å². The molecule has 634 valence electrons. The van der Waals surface area contributed by atoms with Crippen molar-refractivity contribution in [1.29, 1.82) is 0 Å². The molecule has 3 saturated heterocycles. The predicted octanol–water partition coefficient (Wildman–Crippen LogP) is 8.06. The maximum Gasteiger partial charge on any atom is 0.314 e. The number of ether oxygens (including phenoxy) is 2. The topological polar surface area (TPSA) is 498 Å². The van der Waals surface area contributed by atoms with Crippen LogP contribution in [0.25, 0.3) is 0 Å². The van der Waals surface area contributed by atoms with Crippen molar-refractivity contribution < 1.29 is 125 Å². The van der Waals surface area contributed by atoms with Crippen LogP contribution in [0.5, 0.6) is 0 Å². The second kappa shape index (κ2) is 112. The molecule has 5 atom stereocenters. The van der Waals surface area contributed by atoms with E-state index >= 15 is 0 Å². The monoisotopic (exact) mass is 1640 g/mol. The number of amides is 3. The number of esters is 2. The molecule has 3 amide bonds. The van der Waals surface area contributed by atoms with Crippen molar-refractivity contribution in [2.75, 3.05) is 124 Å². The number of benzene rings is 6. The van der Waals surface area contributed by atoms with Crippen LogP contribution < -0.4 is 44.4 Å². The van der Waals surface area contributed by atoms with E-state index in [9.17, 15) is 28.8 Å². The van der Waals surface area contributed by atoms with Crippen LogP contribution in [0, 0.1) is 0 Å². The van der Waals surface area contributed by atoms with Crippen molar-refractivity contribution in [1.82, 2.24) is 26.3 Å². The van der Waals surface area contributed by atoms with E-state index < -0.39 is 68.5 Å². The van der Waals surface area contributed by atoms with E-state index in [0.717, 1.165) is 60.6 Å². The third-order valence-electron chi connectivity index (χ3n) is 10.1. The molecule has 0 radical (unpaired) electrons. The number of hydrogen-bond acceptors (Lipinski definition) is 25. The molecule has 5 unspecified atom stereocenters. The highest BCUT2D eigenvalue weighted by Crippen LogP contribution is 2.08. The van der Waals surface area contributed by atoms with E-state index in [4.69, 9.17) is 106 Å². The summed E-state index contributed by atoms with van der Waals surface area (Å²) in [6.07, 6.45) is -4.96. The van der Waals surface area contributed by atoms with Crippen molar-refractivity contribution in [2.45, 2.75) is 97.5 Å². The Bertz CT molecular complexity index is 3310. The third kappa shape index (κ3) is 114. The average molecular weight is 1640 g/mol. The first kappa shape index (κ1) is 96.1. The SMILES string of the molecule is C.CC(=O)O.CN.CN.CN.CN.CO.[3H]C(=O)O.[3H]C(=O)O.[3H]C(CC(=O)NC)C(=O)O.[3H]C(O)CNC.[3H]C1CC(=O)N(C)C1=O.[3H]C1CC(=O)OC1=O.[3H]C1CO1.[3H]c1ccc(CCONC)cc1.[3H]c1ccc(CCOOC)cc1.[3H]c1ccc(CCl)cc1.[3H]c1ccc(CCl)cc1.[3H]c1ccc(CNC)cc1.[3H]c1ccc(COOCC)cc1. The molecular weight excluding hydrogens is 1490 g/mol. The van der Waals surface area contributed by atoms with Gasteiger partial charge < -0.3 is 83.8 Å². The normalized spacial score (nSPS) is 14.4.